The molecule has 7 heteroatoms. The van der Waals surface area contributed by atoms with Crippen LogP contribution in [0.15, 0.2) is 42.5 Å². The van der Waals surface area contributed by atoms with Gasteiger partial charge in [-0.05, 0) is 56.0 Å². The summed E-state index contributed by atoms with van der Waals surface area (Å²) in [6, 6.07) is 12.9. The third kappa shape index (κ3) is 5.43. The number of carbonyl (C=O) groups excluding carboxylic acids is 1. The molecule has 0 aliphatic carbocycles. The van der Waals surface area contributed by atoms with Crippen LogP contribution in [-0.2, 0) is 20.9 Å². The van der Waals surface area contributed by atoms with Gasteiger partial charge in [-0.25, -0.2) is 0 Å². The predicted molar refractivity (Wildman–Crippen MR) is 114 cm³/mol. The molecular formula is C23H28N2O5. The molecule has 0 saturated carbocycles. The maximum atomic E-state index is 12.6. The number of benzene rings is 2. The van der Waals surface area contributed by atoms with Crippen molar-refractivity contribution in [1.29, 1.82) is 0 Å². The topological polar surface area (TPSA) is 78.1 Å². The standard InChI is InChI=1S/C23H28N2O5/c1-16(23(26)25-19-8-9-21-22(12-19)30-15-29-21)24-18-6-4-5-17(11-18)13-27-14-20-7-2-3-10-28-20/h4-6,8-9,11-12,16,20,24H,2-3,7,10,13-15H2,1H3,(H,25,26). The van der Waals surface area contributed by atoms with Crippen molar-refractivity contribution in [2.75, 3.05) is 30.6 Å². The lowest BCUT2D eigenvalue weighted by atomic mass is 10.1. The first-order valence-electron chi connectivity index (χ1n) is 10.4. The first-order chi connectivity index (χ1) is 14.7. The Hall–Kier alpha value is -2.77. The van der Waals surface area contributed by atoms with Crippen molar-refractivity contribution in [3.05, 3.63) is 48.0 Å². The van der Waals surface area contributed by atoms with Crippen LogP contribution >= 0.6 is 0 Å². The molecule has 2 aliphatic rings. The fraction of sp³-hybridized carbons (Fsp3) is 0.435. The van der Waals surface area contributed by atoms with Crippen LogP contribution in [0.25, 0.3) is 0 Å². The summed E-state index contributed by atoms with van der Waals surface area (Å²) >= 11 is 0. The highest BCUT2D eigenvalue weighted by molar-refractivity contribution is 5.96. The Kier molecular flexibility index (Phi) is 6.71. The van der Waals surface area contributed by atoms with E-state index < -0.39 is 6.04 Å². The number of hydrogen-bond acceptors (Lipinski definition) is 6. The Labute approximate surface area is 176 Å². The molecule has 4 rings (SSSR count). The minimum Gasteiger partial charge on any atom is -0.454 e. The molecule has 2 aromatic rings. The molecule has 7 nitrogen and oxygen atoms in total. The van der Waals surface area contributed by atoms with E-state index in [9.17, 15) is 4.79 Å². The smallest absolute Gasteiger partial charge is 0.246 e. The monoisotopic (exact) mass is 412 g/mol. The summed E-state index contributed by atoms with van der Waals surface area (Å²) < 4.78 is 22.2. The maximum absolute atomic E-state index is 12.6. The third-order valence-electron chi connectivity index (χ3n) is 5.19. The first kappa shape index (κ1) is 20.5. The Bertz CT molecular complexity index is 866. The predicted octanol–water partition coefficient (Wildman–Crippen LogP) is 3.94. The van der Waals surface area contributed by atoms with Crippen LogP contribution < -0.4 is 20.1 Å². The van der Waals surface area contributed by atoms with Crippen LogP contribution in [0.2, 0.25) is 0 Å². The molecule has 2 unspecified atom stereocenters. The molecule has 160 valence electrons. The number of rotatable bonds is 8. The quantitative estimate of drug-likeness (QED) is 0.684. The molecule has 30 heavy (non-hydrogen) atoms. The van der Waals surface area contributed by atoms with Crippen molar-refractivity contribution in [3.8, 4) is 11.5 Å². The molecule has 1 amide bonds. The molecular weight excluding hydrogens is 384 g/mol. The molecule has 1 fully saturated rings. The number of amides is 1. The number of ether oxygens (including phenoxy) is 4. The molecule has 2 aliphatic heterocycles. The summed E-state index contributed by atoms with van der Waals surface area (Å²) in [5.41, 5.74) is 2.60. The van der Waals surface area contributed by atoms with E-state index >= 15 is 0 Å². The number of carbonyl (C=O) groups is 1. The molecule has 2 aromatic carbocycles. The number of anilines is 2. The minimum absolute atomic E-state index is 0.134. The normalized spacial score (nSPS) is 18.6. The second kappa shape index (κ2) is 9.82. The van der Waals surface area contributed by atoms with E-state index in [0.29, 0.717) is 30.4 Å². The number of fused-ring (bicyclic) bond motifs is 1. The Morgan fingerprint density at radius 1 is 1.13 bits per heavy atom. The van der Waals surface area contributed by atoms with Crippen molar-refractivity contribution in [2.24, 2.45) is 0 Å². The van der Waals surface area contributed by atoms with E-state index in [1.807, 2.05) is 31.2 Å². The Morgan fingerprint density at radius 3 is 2.90 bits per heavy atom. The van der Waals surface area contributed by atoms with Gasteiger partial charge in [-0.15, -0.1) is 0 Å². The molecule has 0 radical (unpaired) electrons. The van der Waals surface area contributed by atoms with Crippen LogP contribution in [0.4, 0.5) is 11.4 Å². The summed E-state index contributed by atoms with van der Waals surface area (Å²) in [7, 11) is 0. The highest BCUT2D eigenvalue weighted by Crippen LogP contribution is 2.34. The van der Waals surface area contributed by atoms with Crippen molar-refractivity contribution in [3.63, 3.8) is 0 Å². The Balaban J connectivity index is 1.26. The lowest BCUT2D eigenvalue weighted by Crippen LogP contribution is -2.31. The van der Waals surface area contributed by atoms with E-state index in [-0.39, 0.29) is 18.8 Å². The summed E-state index contributed by atoms with van der Waals surface area (Å²) in [5.74, 6) is 1.19. The van der Waals surface area contributed by atoms with Crippen molar-refractivity contribution >= 4 is 17.3 Å². The SMILES string of the molecule is CC(Nc1cccc(COCC2CCCCO2)c1)C(=O)Nc1ccc2c(c1)OCO2. The van der Waals surface area contributed by atoms with Crippen LogP contribution in [0, 0.1) is 0 Å². The molecule has 0 bridgehead atoms. The molecule has 1 saturated heterocycles. The van der Waals surface area contributed by atoms with Crippen LogP contribution in [-0.4, -0.2) is 38.1 Å². The summed E-state index contributed by atoms with van der Waals surface area (Å²) in [5, 5.41) is 6.15. The van der Waals surface area contributed by atoms with E-state index in [2.05, 4.69) is 10.6 Å². The fourth-order valence-electron chi connectivity index (χ4n) is 3.54. The molecule has 2 N–H and O–H groups in total. The van der Waals surface area contributed by atoms with Gasteiger partial charge in [0.1, 0.15) is 6.04 Å². The van der Waals surface area contributed by atoms with Crippen LogP contribution in [0.5, 0.6) is 11.5 Å². The fourth-order valence-corrected chi connectivity index (χ4v) is 3.54. The van der Waals surface area contributed by atoms with Crippen molar-refractivity contribution < 1.29 is 23.7 Å². The average molecular weight is 412 g/mol. The maximum Gasteiger partial charge on any atom is 0.246 e. The highest BCUT2D eigenvalue weighted by Gasteiger charge is 2.17. The average Bonchev–Trinajstić information content (AvgIpc) is 3.23. The Morgan fingerprint density at radius 2 is 2.03 bits per heavy atom. The molecule has 2 atom stereocenters. The minimum atomic E-state index is -0.415. The van der Waals surface area contributed by atoms with Gasteiger partial charge in [-0.2, -0.15) is 0 Å². The van der Waals surface area contributed by atoms with Gasteiger partial charge < -0.3 is 29.6 Å². The number of hydrogen-bond donors (Lipinski definition) is 2. The van der Waals surface area contributed by atoms with Gasteiger partial charge in [0.25, 0.3) is 0 Å². The van der Waals surface area contributed by atoms with E-state index in [1.165, 1.54) is 6.42 Å². The first-order valence-corrected chi connectivity index (χ1v) is 10.4. The molecule has 2 heterocycles. The van der Waals surface area contributed by atoms with Crippen LogP contribution in [0.1, 0.15) is 31.7 Å². The van der Waals surface area contributed by atoms with E-state index in [1.54, 1.807) is 18.2 Å². The summed E-state index contributed by atoms with van der Waals surface area (Å²) in [6.07, 6.45) is 3.63. The number of nitrogens with one attached hydrogen (secondary N) is 2. The van der Waals surface area contributed by atoms with Gasteiger partial charge in [-0.1, -0.05) is 12.1 Å². The second-order valence-electron chi connectivity index (χ2n) is 7.63. The highest BCUT2D eigenvalue weighted by atomic mass is 16.7. The van der Waals surface area contributed by atoms with E-state index in [4.69, 9.17) is 18.9 Å². The van der Waals surface area contributed by atoms with Crippen LogP contribution in [0.3, 0.4) is 0 Å². The van der Waals surface area contributed by atoms with Gasteiger partial charge in [0.2, 0.25) is 12.7 Å². The van der Waals surface area contributed by atoms with Crippen molar-refractivity contribution in [2.45, 2.75) is 44.9 Å². The van der Waals surface area contributed by atoms with Crippen molar-refractivity contribution in [1.82, 2.24) is 0 Å². The summed E-state index contributed by atoms with van der Waals surface area (Å²) in [6.45, 7) is 4.00. The van der Waals surface area contributed by atoms with Gasteiger partial charge >= 0.3 is 0 Å². The molecule has 0 spiro atoms. The second-order valence-corrected chi connectivity index (χ2v) is 7.63. The third-order valence-corrected chi connectivity index (χ3v) is 5.19. The largest absolute Gasteiger partial charge is 0.454 e. The van der Waals surface area contributed by atoms with Gasteiger partial charge in [0, 0.05) is 24.0 Å². The zero-order chi connectivity index (χ0) is 20.8. The van der Waals surface area contributed by atoms with Gasteiger partial charge in [0.15, 0.2) is 11.5 Å². The van der Waals surface area contributed by atoms with E-state index in [0.717, 1.165) is 30.7 Å². The van der Waals surface area contributed by atoms with Gasteiger partial charge in [-0.3, -0.25) is 4.79 Å². The zero-order valence-corrected chi connectivity index (χ0v) is 17.2. The molecule has 0 aromatic heterocycles. The lowest BCUT2D eigenvalue weighted by molar-refractivity contribution is -0.116. The zero-order valence-electron chi connectivity index (χ0n) is 17.2. The summed E-state index contributed by atoms with van der Waals surface area (Å²) in [4.78, 5) is 12.6. The lowest BCUT2D eigenvalue weighted by Gasteiger charge is -2.22. The van der Waals surface area contributed by atoms with Gasteiger partial charge in [0.05, 0.1) is 19.3 Å².